The van der Waals surface area contributed by atoms with Gasteiger partial charge in [0.25, 0.3) is 0 Å². The van der Waals surface area contributed by atoms with Gasteiger partial charge in [-0.05, 0) is 100 Å². The number of rotatable bonds is 6. The van der Waals surface area contributed by atoms with Crippen LogP contribution in [0.2, 0.25) is 0 Å². The summed E-state index contributed by atoms with van der Waals surface area (Å²) in [4.78, 5) is 21.3. The number of hydrogen-bond acceptors (Lipinski definition) is 4. The Hall–Kier alpha value is -9.38. The lowest BCUT2D eigenvalue weighted by Crippen LogP contribution is -2.01. The second kappa shape index (κ2) is 16.2. The van der Waals surface area contributed by atoms with E-state index < -0.39 is 0 Å². The summed E-state index contributed by atoms with van der Waals surface area (Å²) in [5, 5.41) is 15.2. The Morgan fingerprint density at radius 1 is 0.214 bits per heavy atom. The molecule has 0 bridgehead atoms. The zero-order valence-corrected chi connectivity index (χ0v) is 37.9. The van der Waals surface area contributed by atoms with Crippen LogP contribution in [0, 0.1) is 0 Å². The molecule has 0 radical (unpaired) electrons. The molecule has 14 rings (SSSR count). The van der Waals surface area contributed by atoms with Crippen molar-refractivity contribution < 1.29 is 0 Å². The van der Waals surface area contributed by atoms with Crippen LogP contribution in [-0.2, 0) is 0 Å². The van der Waals surface area contributed by atoms with Crippen molar-refractivity contribution in [3.63, 3.8) is 0 Å². The summed E-state index contributed by atoms with van der Waals surface area (Å²) in [5.74, 6) is 1.89. The highest BCUT2D eigenvalue weighted by Crippen LogP contribution is 2.41. The van der Waals surface area contributed by atoms with Gasteiger partial charge in [-0.25, -0.2) is 19.9 Å². The van der Waals surface area contributed by atoms with Crippen LogP contribution >= 0.6 is 0 Å². The molecule has 0 spiro atoms. The van der Waals surface area contributed by atoms with Gasteiger partial charge in [-0.3, -0.25) is 0 Å². The molecular weight excluding hydrogens is 849 g/mol. The van der Waals surface area contributed by atoms with Gasteiger partial charge < -0.3 is 0 Å². The largest absolute Gasteiger partial charge is 0.247 e. The molecule has 0 saturated heterocycles. The van der Waals surface area contributed by atoms with E-state index in [1.807, 2.05) is 0 Å². The molecule has 2 heterocycles. The van der Waals surface area contributed by atoms with Gasteiger partial charge >= 0.3 is 0 Å². The van der Waals surface area contributed by atoms with Crippen molar-refractivity contribution in [2.24, 2.45) is 0 Å². The van der Waals surface area contributed by atoms with Gasteiger partial charge in [0, 0.05) is 38.4 Å². The Morgan fingerprint density at radius 3 is 1.26 bits per heavy atom. The summed E-state index contributed by atoms with van der Waals surface area (Å²) >= 11 is 0. The van der Waals surface area contributed by atoms with Gasteiger partial charge in [0.2, 0.25) is 0 Å². The Labute approximate surface area is 403 Å². The fourth-order valence-corrected chi connectivity index (χ4v) is 10.7. The summed E-state index contributed by atoms with van der Waals surface area (Å²) in [5.41, 5.74) is 10.5. The number of fused-ring (bicyclic) bond motifs is 11. The van der Waals surface area contributed by atoms with Crippen molar-refractivity contribution in [1.29, 1.82) is 0 Å². The molecule has 0 unspecified atom stereocenters. The molecule has 4 heteroatoms. The van der Waals surface area contributed by atoms with Crippen molar-refractivity contribution in [3.8, 4) is 67.7 Å². The maximum absolute atomic E-state index is 5.36. The predicted octanol–water partition coefficient (Wildman–Crippen LogP) is 17.3. The molecule has 0 N–H and O–H groups in total. The van der Waals surface area contributed by atoms with E-state index in [0.29, 0.717) is 17.5 Å². The summed E-state index contributed by atoms with van der Waals surface area (Å²) in [6.07, 6.45) is 0. The molecule has 0 amide bonds. The van der Waals surface area contributed by atoms with E-state index in [0.717, 1.165) is 76.9 Å². The molecule has 0 atom stereocenters. The summed E-state index contributed by atoms with van der Waals surface area (Å²) in [6, 6.07) is 86.5. The summed E-state index contributed by atoms with van der Waals surface area (Å²) in [6.45, 7) is 0. The number of aromatic nitrogens is 4. The first kappa shape index (κ1) is 39.8. The maximum Gasteiger partial charge on any atom is 0.164 e. The van der Waals surface area contributed by atoms with Crippen molar-refractivity contribution in [3.05, 3.63) is 243 Å². The van der Waals surface area contributed by atoms with Crippen LogP contribution in [0.25, 0.3) is 143 Å². The number of benzene rings is 12. The van der Waals surface area contributed by atoms with Gasteiger partial charge in [-0.15, -0.1) is 0 Å². The first-order valence-electron chi connectivity index (χ1n) is 23.8. The minimum Gasteiger partial charge on any atom is -0.247 e. The monoisotopic (exact) mass is 888 g/mol. The van der Waals surface area contributed by atoms with Gasteiger partial charge in [0.05, 0.1) is 11.2 Å². The number of nitrogens with zero attached hydrogens (tertiary/aromatic N) is 4. The highest BCUT2D eigenvalue weighted by molar-refractivity contribution is 6.23. The van der Waals surface area contributed by atoms with Gasteiger partial charge in [0.15, 0.2) is 17.5 Å². The first-order valence-corrected chi connectivity index (χ1v) is 23.8. The minimum absolute atomic E-state index is 0.619. The van der Waals surface area contributed by atoms with Crippen molar-refractivity contribution in [2.45, 2.75) is 0 Å². The standard InChI is InChI=1S/C66H40N4/c1-2-14-41(15-3-1)47-35-37-61-60(38-47)62-52-21-9-4-16-44(52)34-36-57(62)63(67-61)45-30-26-42(27-31-45)43-28-32-46(33-29-43)64-68-65(58-39-48-17-5-7-19-50(48)53-22-10-12-24-55(53)58)70-66(69-64)59-40-49-18-6-8-20-51(49)54-23-11-13-25-56(54)59/h1-40H. The van der Waals surface area contributed by atoms with E-state index in [2.05, 4.69) is 243 Å². The fraction of sp³-hybridized carbons (Fsp3) is 0. The van der Waals surface area contributed by atoms with Crippen LogP contribution in [0.15, 0.2) is 243 Å². The third-order valence-corrected chi connectivity index (χ3v) is 14.1. The van der Waals surface area contributed by atoms with E-state index >= 15 is 0 Å². The Bertz CT molecular complexity index is 4250. The summed E-state index contributed by atoms with van der Waals surface area (Å²) < 4.78 is 0. The second-order valence-electron chi connectivity index (χ2n) is 18.1. The zero-order valence-electron chi connectivity index (χ0n) is 37.9. The fourth-order valence-electron chi connectivity index (χ4n) is 10.7. The molecule has 0 aliphatic rings. The zero-order chi connectivity index (χ0) is 46.1. The molecular formula is C66H40N4. The molecule has 0 aliphatic heterocycles. The highest BCUT2D eigenvalue weighted by atomic mass is 15.0. The number of pyridine rings is 1. The van der Waals surface area contributed by atoms with Crippen LogP contribution in [0.4, 0.5) is 0 Å². The molecule has 70 heavy (non-hydrogen) atoms. The normalized spacial score (nSPS) is 11.7. The lowest BCUT2D eigenvalue weighted by Gasteiger charge is -2.15. The lowest BCUT2D eigenvalue weighted by atomic mass is 9.93. The van der Waals surface area contributed by atoms with Crippen molar-refractivity contribution in [2.75, 3.05) is 0 Å². The topological polar surface area (TPSA) is 51.6 Å². The highest BCUT2D eigenvalue weighted by Gasteiger charge is 2.19. The third-order valence-electron chi connectivity index (χ3n) is 14.1. The van der Waals surface area contributed by atoms with E-state index in [1.165, 1.54) is 48.8 Å². The molecule has 14 aromatic rings. The van der Waals surface area contributed by atoms with Gasteiger partial charge in [-0.1, -0.05) is 218 Å². The Morgan fingerprint density at radius 2 is 0.657 bits per heavy atom. The quantitative estimate of drug-likeness (QED) is 0.156. The van der Waals surface area contributed by atoms with Crippen LogP contribution in [0.1, 0.15) is 0 Å². The third kappa shape index (κ3) is 6.61. The minimum atomic E-state index is 0.619. The summed E-state index contributed by atoms with van der Waals surface area (Å²) in [7, 11) is 0. The van der Waals surface area contributed by atoms with Crippen molar-refractivity contribution in [1.82, 2.24) is 19.9 Å². The predicted molar refractivity (Wildman–Crippen MR) is 293 cm³/mol. The molecule has 0 fully saturated rings. The first-order chi connectivity index (χ1) is 34.7. The molecule has 2 aromatic heterocycles. The Kier molecular flexibility index (Phi) is 9.17. The van der Waals surface area contributed by atoms with E-state index in [9.17, 15) is 0 Å². The molecule has 0 saturated carbocycles. The Balaban J connectivity index is 0.878. The van der Waals surface area contributed by atoms with Gasteiger partial charge in [0.1, 0.15) is 0 Å². The maximum atomic E-state index is 5.36. The molecule has 4 nitrogen and oxygen atoms in total. The smallest absolute Gasteiger partial charge is 0.164 e. The van der Waals surface area contributed by atoms with E-state index in [1.54, 1.807) is 0 Å². The lowest BCUT2D eigenvalue weighted by molar-refractivity contribution is 1.08. The van der Waals surface area contributed by atoms with Crippen LogP contribution < -0.4 is 0 Å². The van der Waals surface area contributed by atoms with E-state index in [-0.39, 0.29) is 0 Å². The van der Waals surface area contributed by atoms with Gasteiger partial charge in [-0.2, -0.15) is 0 Å². The molecule has 12 aromatic carbocycles. The van der Waals surface area contributed by atoms with Crippen LogP contribution in [-0.4, -0.2) is 19.9 Å². The average Bonchev–Trinajstić information content (AvgIpc) is 3.44. The molecule has 0 aliphatic carbocycles. The molecule has 324 valence electrons. The van der Waals surface area contributed by atoms with Crippen molar-refractivity contribution >= 4 is 75.5 Å². The van der Waals surface area contributed by atoms with Crippen LogP contribution in [0.5, 0.6) is 0 Å². The SMILES string of the molecule is c1ccc(-c2ccc3nc(-c4ccc(-c5ccc(-c6nc(-c7cc8ccccc8c8ccccc78)nc(-c7cc8ccccc8c8ccccc78)n6)cc5)cc4)c4ccc5ccccc5c4c3c2)cc1. The second-order valence-corrected chi connectivity index (χ2v) is 18.1. The average molecular weight is 889 g/mol. The van der Waals surface area contributed by atoms with E-state index in [4.69, 9.17) is 19.9 Å². The van der Waals surface area contributed by atoms with Crippen LogP contribution in [0.3, 0.4) is 0 Å². The number of hydrogen-bond donors (Lipinski definition) is 0.